The highest BCUT2D eigenvalue weighted by Crippen LogP contribution is 2.27. The lowest BCUT2D eigenvalue weighted by atomic mass is 10.0. The fraction of sp³-hybridized carbons (Fsp3) is 0.0769. The second-order valence-corrected chi connectivity index (χ2v) is 3.71. The van der Waals surface area contributed by atoms with Crippen molar-refractivity contribution in [2.75, 3.05) is 0 Å². The van der Waals surface area contributed by atoms with Gasteiger partial charge in [-0.3, -0.25) is 0 Å². The van der Waals surface area contributed by atoms with Crippen LogP contribution in [0.15, 0.2) is 36.4 Å². The highest BCUT2D eigenvalue weighted by Gasteiger charge is 2.20. The van der Waals surface area contributed by atoms with Crippen LogP contribution in [-0.4, -0.2) is 5.11 Å². The Hall–Kier alpha value is -1.88. The molecule has 2 aromatic carbocycles. The van der Waals surface area contributed by atoms with Crippen molar-refractivity contribution in [3.8, 4) is 0 Å². The average Bonchev–Trinajstić information content (AvgIpc) is 2.32. The van der Waals surface area contributed by atoms with E-state index in [0.717, 1.165) is 30.3 Å². The minimum absolute atomic E-state index is 0.127. The smallest absolute Gasteiger partial charge is 0.159 e. The molecular weight excluding hydrogens is 248 g/mol. The molecule has 18 heavy (non-hydrogen) atoms. The van der Waals surface area contributed by atoms with E-state index in [1.807, 2.05) is 0 Å². The van der Waals surface area contributed by atoms with Gasteiger partial charge in [-0.1, -0.05) is 12.1 Å². The Kier molecular flexibility index (Phi) is 3.34. The molecule has 0 heterocycles. The van der Waals surface area contributed by atoms with Crippen molar-refractivity contribution in [3.63, 3.8) is 0 Å². The van der Waals surface area contributed by atoms with Crippen LogP contribution in [0.25, 0.3) is 0 Å². The van der Waals surface area contributed by atoms with Gasteiger partial charge in [0, 0.05) is 0 Å². The molecule has 0 spiro atoms. The Morgan fingerprint density at radius 3 is 1.94 bits per heavy atom. The fourth-order valence-electron chi connectivity index (χ4n) is 1.62. The second kappa shape index (κ2) is 4.78. The number of aliphatic hydroxyl groups excluding tert-OH is 1. The summed E-state index contributed by atoms with van der Waals surface area (Å²) in [4.78, 5) is 0. The molecule has 0 bridgehead atoms. The molecule has 1 atom stereocenters. The van der Waals surface area contributed by atoms with Crippen LogP contribution in [0.1, 0.15) is 17.2 Å². The summed E-state index contributed by atoms with van der Waals surface area (Å²) < 4.78 is 52.5. The Morgan fingerprint density at radius 1 is 0.778 bits per heavy atom. The minimum atomic E-state index is -1.69. The first-order valence-corrected chi connectivity index (χ1v) is 5.07. The third-order valence-electron chi connectivity index (χ3n) is 2.53. The molecule has 0 aliphatic heterocycles. The van der Waals surface area contributed by atoms with Crippen molar-refractivity contribution >= 4 is 0 Å². The first-order valence-electron chi connectivity index (χ1n) is 5.07. The molecule has 0 radical (unpaired) electrons. The van der Waals surface area contributed by atoms with Crippen molar-refractivity contribution in [2.24, 2.45) is 0 Å². The standard InChI is InChI=1S/C13H8F4O/c14-8-5-4-7(6-11(8)17)13(18)12-9(15)2-1-3-10(12)16/h1-6,13,18H. The molecule has 0 fully saturated rings. The molecule has 0 aliphatic rings. The lowest BCUT2D eigenvalue weighted by Crippen LogP contribution is -2.06. The third-order valence-corrected chi connectivity index (χ3v) is 2.53. The van der Waals surface area contributed by atoms with Crippen LogP contribution in [0.4, 0.5) is 17.6 Å². The molecule has 2 rings (SSSR count). The molecule has 1 nitrogen and oxygen atoms in total. The predicted molar refractivity (Wildman–Crippen MR) is 56.8 cm³/mol. The van der Waals surface area contributed by atoms with E-state index in [0.29, 0.717) is 6.07 Å². The maximum atomic E-state index is 13.4. The molecule has 0 saturated carbocycles. The molecule has 1 N–H and O–H groups in total. The molecule has 94 valence electrons. The van der Waals surface area contributed by atoms with Crippen LogP contribution < -0.4 is 0 Å². The van der Waals surface area contributed by atoms with E-state index in [-0.39, 0.29) is 5.56 Å². The highest BCUT2D eigenvalue weighted by molar-refractivity contribution is 5.32. The second-order valence-electron chi connectivity index (χ2n) is 3.71. The van der Waals surface area contributed by atoms with Crippen molar-refractivity contribution in [1.29, 1.82) is 0 Å². The minimum Gasteiger partial charge on any atom is -0.383 e. The summed E-state index contributed by atoms with van der Waals surface area (Å²) in [6.45, 7) is 0. The monoisotopic (exact) mass is 256 g/mol. The lowest BCUT2D eigenvalue weighted by Gasteiger charge is -2.13. The Bertz CT molecular complexity index is 563. The van der Waals surface area contributed by atoms with Crippen LogP contribution in [-0.2, 0) is 0 Å². The zero-order valence-electron chi connectivity index (χ0n) is 9.00. The molecular formula is C13H8F4O. The van der Waals surface area contributed by atoms with Gasteiger partial charge in [0.1, 0.15) is 17.7 Å². The SMILES string of the molecule is OC(c1ccc(F)c(F)c1)c1c(F)cccc1F. The van der Waals surface area contributed by atoms with Gasteiger partial charge >= 0.3 is 0 Å². The number of aliphatic hydroxyl groups is 1. The molecule has 0 amide bonds. The van der Waals surface area contributed by atoms with E-state index >= 15 is 0 Å². The van der Waals surface area contributed by atoms with E-state index < -0.39 is 34.9 Å². The normalized spacial score (nSPS) is 12.5. The molecule has 5 heteroatoms. The van der Waals surface area contributed by atoms with E-state index in [1.165, 1.54) is 0 Å². The van der Waals surface area contributed by atoms with Gasteiger partial charge in [-0.15, -0.1) is 0 Å². The summed E-state index contributed by atoms with van der Waals surface area (Å²) in [5.41, 5.74) is -0.721. The summed E-state index contributed by atoms with van der Waals surface area (Å²) in [6.07, 6.45) is -1.69. The van der Waals surface area contributed by atoms with Gasteiger partial charge in [-0.05, 0) is 29.8 Å². The molecule has 0 aliphatic carbocycles. The first-order chi connectivity index (χ1) is 8.50. The molecule has 2 aromatic rings. The number of hydrogen-bond donors (Lipinski definition) is 1. The number of benzene rings is 2. The van der Waals surface area contributed by atoms with Crippen molar-refractivity contribution in [2.45, 2.75) is 6.10 Å². The zero-order chi connectivity index (χ0) is 13.3. The maximum Gasteiger partial charge on any atom is 0.159 e. The highest BCUT2D eigenvalue weighted by atomic mass is 19.2. The topological polar surface area (TPSA) is 20.2 Å². The van der Waals surface area contributed by atoms with Gasteiger partial charge < -0.3 is 5.11 Å². The van der Waals surface area contributed by atoms with E-state index in [1.54, 1.807) is 0 Å². The number of halogens is 4. The van der Waals surface area contributed by atoms with E-state index in [4.69, 9.17) is 0 Å². The van der Waals surface area contributed by atoms with Crippen LogP contribution in [0, 0.1) is 23.3 Å². The van der Waals surface area contributed by atoms with E-state index in [2.05, 4.69) is 0 Å². The Labute approximate surface area is 100 Å². The van der Waals surface area contributed by atoms with Gasteiger partial charge in [-0.2, -0.15) is 0 Å². The van der Waals surface area contributed by atoms with Crippen molar-refractivity contribution < 1.29 is 22.7 Å². The third kappa shape index (κ3) is 2.22. The van der Waals surface area contributed by atoms with Gasteiger partial charge in [0.25, 0.3) is 0 Å². The fourth-order valence-corrected chi connectivity index (χ4v) is 1.62. The van der Waals surface area contributed by atoms with Crippen LogP contribution in [0.3, 0.4) is 0 Å². The van der Waals surface area contributed by atoms with Gasteiger partial charge in [0.2, 0.25) is 0 Å². The van der Waals surface area contributed by atoms with E-state index in [9.17, 15) is 22.7 Å². The summed E-state index contributed by atoms with van der Waals surface area (Å²) in [7, 11) is 0. The van der Waals surface area contributed by atoms with Gasteiger partial charge in [0.15, 0.2) is 11.6 Å². The summed E-state index contributed by atoms with van der Waals surface area (Å²) in [5, 5.41) is 9.80. The van der Waals surface area contributed by atoms with Gasteiger partial charge in [0.05, 0.1) is 5.56 Å². The summed E-state index contributed by atoms with van der Waals surface area (Å²) in [6, 6.07) is 5.64. The number of hydrogen-bond acceptors (Lipinski definition) is 1. The molecule has 0 saturated heterocycles. The lowest BCUT2D eigenvalue weighted by molar-refractivity contribution is 0.208. The summed E-state index contributed by atoms with van der Waals surface area (Å²) in [5.74, 6) is -4.19. The average molecular weight is 256 g/mol. The van der Waals surface area contributed by atoms with Crippen LogP contribution >= 0.6 is 0 Å². The van der Waals surface area contributed by atoms with Crippen molar-refractivity contribution in [3.05, 3.63) is 70.8 Å². The zero-order valence-corrected chi connectivity index (χ0v) is 9.00. The molecule has 1 unspecified atom stereocenters. The summed E-state index contributed by atoms with van der Waals surface area (Å²) >= 11 is 0. The maximum absolute atomic E-state index is 13.4. The quantitative estimate of drug-likeness (QED) is 0.817. The largest absolute Gasteiger partial charge is 0.383 e. The van der Waals surface area contributed by atoms with Gasteiger partial charge in [-0.25, -0.2) is 17.6 Å². The predicted octanol–water partition coefficient (Wildman–Crippen LogP) is 3.32. The van der Waals surface area contributed by atoms with Crippen LogP contribution in [0.5, 0.6) is 0 Å². The Balaban J connectivity index is 2.48. The first kappa shape index (κ1) is 12.6. The molecule has 0 aromatic heterocycles. The van der Waals surface area contributed by atoms with Crippen LogP contribution in [0.2, 0.25) is 0 Å². The number of rotatable bonds is 2. The van der Waals surface area contributed by atoms with Crippen molar-refractivity contribution in [1.82, 2.24) is 0 Å². The Morgan fingerprint density at radius 2 is 1.39 bits per heavy atom.